The first kappa shape index (κ1) is 26.7. The SMILES string of the molecule is CCCNC(=O)Nc1ccc2c(c1)C(=O)N(C)[C@H]1CC[C@@H](CC(=O)NCCCN(C)C)O[C@@H]1CO2. The molecule has 10 nitrogen and oxygen atoms in total. The fourth-order valence-corrected chi connectivity index (χ4v) is 4.42. The highest BCUT2D eigenvalue weighted by Gasteiger charge is 2.39. The van der Waals surface area contributed by atoms with Gasteiger partial charge in [0.05, 0.1) is 24.1 Å². The summed E-state index contributed by atoms with van der Waals surface area (Å²) in [5, 5.41) is 8.48. The number of ether oxygens (including phenoxy) is 2. The first-order chi connectivity index (χ1) is 16.8. The van der Waals surface area contributed by atoms with Gasteiger partial charge in [-0.05, 0) is 64.5 Å². The average Bonchev–Trinajstić information content (AvgIpc) is 2.83. The lowest BCUT2D eigenvalue weighted by Crippen LogP contribution is -2.54. The maximum Gasteiger partial charge on any atom is 0.319 e. The highest BCUT2D eigenvalue weighted by atomic mass is 16.5. The van der Waals surface area contributed by atoms with Gasteiger partial charge in [0, 0.05) is 25.8 Å². The van der Waals surface area contributed by atoms with Crippen molar-refractivity contribution in [2.24, 2.45) is 0 Å². The molecule has 1 aromatic rings. The number of amides is 4. The van der Waals surface area contributed by atoms with Crippen LogP contribution in [-0.2, 0) is 9.53 Å². The molecule has 0 spiro atoms. The van der Waals surface area contributed by atoms with Crippen molar-refractivity contribution in [3.8, 4) is 5.75 Å². The van der Waals surface area contributed by atoms with Crippen LogP contribution in [0.5, 0.6) is 5.75 Å². The average molecular weight is 490 g/mol. The molecule has 2 heterocycles. The van der Waals surface area contributed by atoms with Gasteiger partial charge >= 0.3 is 6.03 Å². The first-order valence-electron chi connectivity index (χ1n) is 12.4. The molecule has 0 unspecified atom stereocenters. The minimum absolute atomic E-state index is 0.0169. The largest absolute Gasteiger partial charge is 0.490 e. The van der Waals surface area contributed by atoms with Crippen molar-refractivity contribution in [2.45, 2.75) is 57.3 Å². The second-order valence-electron chi connectivity index (χ2n) is 9.47. The van der Waals surface area contributed by atoms with Gasteiger partial charge in [0.25, 0.3) is 5.91 Å². The quantitative estimate of drug-likeness (QED) is 0.458. The van der Waals surface area contributed by atoms with E-state index in [4.69, 9.17) is 9.47 Å². The van der Waals surface area contributed by atoms with Gasteiger partial charge in [-0.25, -0.2) is 4.79 Å². The number of urea groups is 1. The van der Waals surface area contributed by atoms with E-state index in [1.54, 1.807) is 30.1 Å². The van der Waals surface area contributed by atoms with Gasteiger partial charge in [-0.2, -0.15) is 0 Å². The minimum Gasteiger partial charge on any atom is -0.490 e. The van der Waals surface area contributed by atoms with Crippen LogP contribution in [0, 0.1) is 0 Å². The van der Waals surface area contributed by atoms with Crippen LogP contribution in [0.15, 0.2) is 18.2 Å². The monoisotopic (exact) mass is 489 g/mol. The Morgan fingerprint density at radius 1 is 1.17 bits per heavy atom. The third kappa shape index (κ3) is 7.57. The molecule has 3 rings (SSSR count). The molecule has 1 fully saturated rings. The summed E-state index contributed by atoms with van der Waals surface area (Å²) in [6, 6.07) is 4.58. The van der Waals surface area contributed by atoms with E-state index < -0.39 is 0 Å². The normalized spacial score (nSPS) is 21.8. The second kappa shape index (κ2) is 12.7. The Balaban J connectivity index is 1.60. The highest BCUT2D eigenvalue weighted by molar-refractivity contribution is 5.99. The fraction of sp³-hybridized carbons (Fsp3) is 0.640. The number of nitrogens with one attached hydrogen (secondary N) is 3. The van der Waals surface area contributed by atoms with Crippen LogP contribution in [0.2, 0.25) is 0 Å². The molecule has 4 amide bonds. The summed E-state index contributed by atoms with van der Waals surface area (Å²) in [5.41, 5.74) is 0.926. The Morgan fingerprint density at radius 3 is 2.71 bits per heavy atom. The van der Waals surface area contributed by atoms with E-state index in [9.17, 15) is 14.4 Å². The summed E-state index contributed by atoms with van der Waals surface area (Å²) >= 11 is 0. The predicted octanol–water partition coefficient (Wildman–Crippen LogP) is 2.06. The van der Waals surface area contributed by atoms with Gasteiger partial charge in [-0.3, -0.25) is 9.59 Å². The minimum atomic E-state index is -0.324. The number of carbonyl (C=O) groups is 3. The number of fused-ring (bicyclic) bond motifs is 2. The molecule has 3 atom stereocenters. The Morgan fingerprint density at radius 2 is 1.97 bits per heavy atom. The number of rotatable bonds is 9. The number of likely N-dealkylation sites (N-methyl/N-ethyl adjacent to an activating group) is 1. The van der Waals surface area contributed by atoms with Crippen molar-refractivity contribution in [3.05, 3.63) is 23.8 Å². The molecular weight excluding hydrogens is 450 g/mol. The third-order valence-corrected chi connectivity index (χ3v) is 6.32. The zero-order chi connectivity index (χ0) is 25.4. The van der Waals surface area contributed by atoms with E-state index >= 15 is 0 Å². The molecule has 1 aromatic carbocycles. The summed E-state index contributed by atoms with van der Waals surface area (Å²) < 4.78 is 12.2. The van der Waals surface area contributed by atoms with Crippen LogP contribution < -0.4 is 20.7 Å². The number of anilines is 1. The summed E-state index contributed by atoms with van der Waals surface area (Å²) in [6.45, 7) is 4.39. The van der Waals surface area contributed by atoms with Crippen molar-refractivity contribution in [1.82, 2.24) is 20.4 Å². The van der Waals surface area contributed by atoms with Gasteiger partial charge in [-0.1, -0.05) is 6.92 Å². The van der Waals surface area contributed by atoms with Crippen molar-refractivity contribution < 1.29 is 23.9 Å². The number of hydrogen-bond donors (Lipinski definition) is 3. The molecule has 1 saturated heterocycles. The highest BCUT2D eigenvalue weighted by Crippen LogP contribution is 2.32. The molecule has 0 bridgehead atoms. The molecule has 10 heteroatoms. The third-order valence-electron chi connectivity index (χ3n) is 6.32. The molecular formula is C25H39N5O5. The number of carbonyl (C=O) groups excluding carboxylic acids is 3. The van der Waals surface area contributed by atoms with Gasteiger partial charge in [-0.15, -0.1) is 0 Å². The summed E-state index contributed by atoms with van der Waals surface area (Å²) in [7, 11) is 5.78. The van der Waals surface area contributed by atoms with E-state index in [-0.39, 0.29) is 42.7 Å². The lowest BCUT2D eigenvalue weighted by Gasteiger charge is -2.42. The molecule has 3 N–H and O–H groups in total. The van der Waals surface area contributed by atoms with Crippen LogP contribution in [-0.4, -0.2) is 93.3 Å². The molecule has 0 saturated carbocycles. The van der Waals surface area contributed by atoms with Crippen molar-refractivity contribution in [2.75, 3.05) is 52.7 Å². The lowest BCUT2D eigenvalue weighted by molar-refractivity contribution is -0.134. The van der Waals surface area contributed by atoms with Crippen LogP contribution in [0.1, 0.15) is 49.4 Å². The Hall–Kier alpha value is -2.85. The fourth-order valence-electron chi connectivity index (χ4n) is 4.42. The second-order valence-corrected chi connectivity index (χ2v) is 9.47. The van der Waals surface area contributed by atoms with Gasteiger partial charge in [0.1, 0.15) is 18.5 Å². The van der Waals surface area contributed by atoms with Crippen molar-refractivity contribution >= 4 is 23.5 Å². The summed E-state index contributed by atoms with van der Waals surface area (Å²) in [4.78, 5) is 41.4. The molecule has 2 aliphatic heterocycles. The van der Waals surface area contributed by atoms with E-state index in [1.807, 2.05) is 21.0 Å². The van der Waals surface area contributed by atoms with Crippen molar-refractivity contribution in [3.63, 3.8) is 0 Å². The number of hydrogen-bond acceptors (Lipinski definition) is 6. The molecule has 0 radical (unpaired) electrons. The Kier molecular flexibility index (Phi) is 9.73. The van der Waals surface area contributed by atoms with Gasteiger partial charge < -0.3 is 35.2 Å². The molecule has 0 aliphatic carbocycles. The van der Waals surface area contributed by atoms with E-state index in [2.05, 4.69) is 20.9 Å². The zero-order valence-corrected chi connectivity index (χ0v) is 21.3. The Labute approximate surface area is 207 Å². The molecule has 35 heavy (non-hydrogen) atoms. The first-order valence-corrected chi connectivity index (χ1v) is 12.4. The maximum atomic E-state index is 13.3. The standard InChI is InChI=1S/C25H39N5O5/c1-5-11-27-25(33)28-17-7-10-21-19(14-17)24(32)30(4)20-9-8-18(35-22(20)16-34-21)15-23(31)26-12-6-13-29(2)3/h7,10,14,18,20,22H,5-6,8-9,11-13,15-16H2,1-4H3,(H,26,31)(H2,27,28,33)/t18-,20-,22+/m0/s1. The van der Waals surface area contributed by atoms with E-state index in [1.165, 1.54) is 0 Å². The lowest BCUT2D eigenvalue weighted by atomic mass is 9.94. The van der Waals surface area contributed by atoms with Crippen LogP contribution in [0.4, 0.5) is 10.5 Å². The number of nitrogens with zero attached hydrogens (tertiary/aromatic N) is 2. The Bertz CT molecular complexity index is 893. The molecule has 0 aromatic heterocycles. The topological polar surface area (TPSA) is 112 Å². The van der Waals surface area contributed by atoms with Crippen LogP contribution in [0.3, 0.4) is 0 Å². The molecule has 194 valence electrons. The van der Waals surface area contributed by atoms with Gasteiger partial charge in [0.15, 0.2) is 0 Å². The van der Waals surface area contributed by atoms with Crippen LogP contribution in [0.25, 0.3) is 0 Å². The number of benzene rings is 1. The van der Waals surface area contributed by atoms with E-state index in [0.29, 0.717) is 42.9 Å². The molecule has 2 aliphatic rings. The van der Waals surface area contributed by atoms with Crippen LogP contribution >= 0.6 is 0 Å². The van der Waals surface area contributed by atoms with Crippen molar-refractivity contribution in [1.29, 1.82) is 0 Å². The predicted molar refractivity (Wildman–Crippen MR) is 134 cm³/mol. The summed E-state index contributed by atoms with van der Waals surface area (Å²) in [6.07, 6.45) is 2.92. The zero-order valence-electron chi connectivity index (χ0n) is 21.3. The summed E-state index contributed by atoms with van der Waals surface area (Å²) in [5.74, 6) is 0.244. The van der Waals surface area contributed by atoms with E-state index in [0.717, 1.165) is 25.8 Å². The smallest absolute Gasteiger partial charge is 0.319 e. The van der Waals surface area contributed by atoms with Gasteiger partial charge in [0.2, 0.25) is 5.91 Å². The maximum absolute atomic E-state index is 13.3.